The van der Waals surface area contributed by atoms with Gasteiger partial charge in [0.1, 0.15) is 5.82 Å². The molecule has 25 heavy (non-hydrogen) atoms. The lowest BCUT2D eigenvalue weighted by Crippen LogP contribution is -2.32. The number of rotatable bonds is 6. The van der Waals surface area contributed by atoms with Crippen molar-refractivity contribution in [3.8, 4) is 0 Å². The van der Waals surface area contributed by atoms with E-state index in [1.165, 1.54) is 0 Å². The SMILES string of the molecule is Cc1cc(C)nc(NCC(=O)NCCc2nc3ccccc3n2C)n1. The van der Waals surface area contributed by atoms with Crippen molar-refractivity contribution >= 4 is 22.9 Å². The van der Waals surface area contributed by atoms with Crippen LogP contribution < -0.4 is 10.6 Å². The van der Waals surface area contributed by atoms with Gasteiger partial charge < -0.3 is 15.2 Å². The van der Waals surface area contributed by atoms with Crippen LogP contribution >= 0.6 is 0 Å². The van der Waals surface area contributed by atoms with Crippen molar-refractivity contribution in [2.24, 2.45) is 7.05 Å². The molecular weight excluding hydrogens is 316 g/mol. The number of para-hydroxylation sites is 2. The number of nitrogens with one attached hydrogen (secondary N) is 2. The average molecular weight is 338 g/mol. The molecule has 2 heterocycles. The van der Waals surface area contributed by atoms with Crippen molar-refractivity contribution in [1.29, 1.82) is 0 Å². The van der Waals surface area contributed by atoms with Gasteiger partial charge in [0.2, 0.25) is 11.9 Å². The third kappa shape index (κ3) is 4.12. The van der Waals surface area contributed by atoms with Crippen molar-refractivity contribution in [1.82, 2.24) is 24.8 Å². The summed E-state index contributed by atoms with van der Waals surface area (Å²) in [4.78, 5) is 25.1. The van der Waals surface area contributed by atoms with Crippen LogP contribution in [0.4, 0.5) is 5.95 Å². The normalized spacial score (nSPS) is 10.8. The first-order chi connectivity index (χ1) is 12.0. The molecule has 0 spiro atoms. The lowest BCUT2D eigenvalue weighted by molar-refractivity contribution is -0.119. The number of anilines is 1. The molecule has 7 heteroatoms. The Labute approximate surface area is 146 Å². The van der Waals surface area contributed by atoms with Crippen molar-refractivity contribution in [2.45, 2.75) is 20.3 Å². The van der Waals surface area contributed by atoms with Gasteiger partial charge in [-0.1, -0.05) is 12.1 Å². The van der Waals surface area contributed by atoms with Crippen LogP contribution in [-0.4, -0.2) is 38.5 Å². The number of imidazole rings is 1. The minimum Gasteiger partial charge on any atom is -0.354 e. The van der Waals surface area contributed by atoms with E-state index in [4.69, 9.17) is 0 Å². The Morgan fingerprint density at radius 3 is 2.56 bits per heavy atom. The Kier molecular flexibility index (Phi) is 4.92. The summed E-state index contributed by atoms with van der Waals surface area (Å²) in [6, 6.07) is 9.89. The smallest absolute Gasteiger partial charge is 0.239 e. The number of aromatic nitrogens is 4. The van der Waals surface area contributed by atoms with Gasteiger partial charge in [-0.15, -0.1) is 0 Å². The van der Waals surface area contributed by atoms with Gasteiger partial charge in [0.15, 0.2) is 0 Å². The van der Waals surface area contributed by atoms with Crippen LogP contribution in [0, 0.1) is 13.8 Å². The first-order valence-corrected chi connectivity index (χ1v) is 8.26. The van der Waals surface area contributed by atoms with E-state index in [2.05, 4.69) is 30.2 Å². The summed E-state index contributed by atoms with van der Waals surface area (Å²) in [6.07, 6.45) is 0.678. The van der Waals surface area contributed by atoms with Crippen molar-refractivity contribution < 1.29 is 4.79 Å². The molecule has 0 radical (unpaired) electrons. The van der Waals surface area contributed by atoms with Crippen LogP contribution in [0.3, 0.4) is 0 Å². The molecule has 3 rings (SSSR count). The van der Waals surface area contributed by atoms with Crippen LogP contribution in [-0.2, 0) is 18.3 Å². The number of carbonyl (C=O) groups excluding carboxylic acids is 1. The molecule has 0 bridgehead atoms. The summed E-state index contributed by atoms with van der Waals surface area (Å²) in [6.45, 7) is 4.48. The second-order valence-corrected chi connectivity index (χ2v) is 6.00. The summed E-state index contributed by atoms with van der Waals surface area (Å²) >= 11 is 0. The highest BCUT2D eigenvalue weighted by molar-refractivity contribution is 5.80. The molecular formula is C18H22N6O. The monoisotopic (exact) mass is 338 g/mol. The van der Waals surface area contributed by atoms with Gasteiger partial charge in [-0.2, -0.15) is 0 Å². The predicted octanol–water partition coefficient (Wildman–Crippen LogP) is 1.75. The molecule has 0 saturated carbocycles. The van der Waals surface area contributed by atoms with Crippen LogP contribution in [0.2, 0.25) is 0 Å². The molecule has 1 aromatic carbocycles. The van der Waals surface area contributed by atoms with E-state index in [1.807, 2.05) is 51.2 Å². The standard InChI is InChI=1S/C18H22N6O/c1-12-10-13(2)22-18(21-12)20-11-17(25)19-9-8-16-23-14-6-4-5-7-15(14)24(16)3/h4-7,10H,8-9,11H2,1-3H3,(H,19,25)(H,20,21,22). The fraction of sp³-hybridized carbons (Fsp3) is 0.333. The third-order valence-corrected chi connectivity index (χ3v) is 3.94. The predicted molar refractivity (Wildman–Crippen MR) is 97.4 cm³/mol. The molecule has 130 valence electrons. The quantitative estimate of drug-likeness (QED) is 0.715. The molecule has 0 aliphatic heterocycles. The third-order valence-electron chi connectivity index (χ3n) is 3.94. The molecule has 2 aromatic heterocycles. The van der Waals surface area contributed by atoms with Crippen molar-refractivity contribution in [3.05, 3.63) is 47.5 Å². The van der Waals surface area contributed by atoms with E-state index >= 15 is 0 Å². The maximum absolute atomic E-state index is 12.0. The lowest BCUT2D eigenvalue weighted by Gasteiger charge is -2.08. The van der Waals surface area contributed by atoms with Crippen LogP contribution in [0.1, 0.15) is 17.2 Å². The zero-order valence-corrected chi connectivity index (χ0v) is 14.7. The number of benzene rings is 1. The Hall–Kier alpha value is -2.96. The van der Waals surface area contributed by atoms with Gasteiger partial charge in [0.05, 0.1) is 17.6 Å². The molecule has 0 atom stereocenters. The number of hydrogen-bond donors (Lipinski definition) is 2. The fourth-order valence-electron chi connectivity index (χ4n) is 2.76. The second-order valence-electron chi connectivity index (χ2n) is 6.00. The molecule has 3 aromatic rings. The first kappa shape index (κ1) is 16.9. The van der Waals surface area contributed by atoms with Gasteiger partial charge in [0.25, 0.3) is 0 Å². The van der Waals surface area contributed by atoms with Crippen LogP contribution in [0.5, 0.6) is 0 Å². The maximum atomic E-state index is 12.0. The minimum absolute atomic E-state index is 0.0958. The average Bonchev–Trinajstić information content (AvgIpc) is 2.89. The van der Waals surface area contributed by atoms with Crippen LogP contribution in [0.25, 0.3) is 11.0 Å². The summed E-state index contributed by atoms with van der Waals surface area (Å²) in [5, 5.41) is 5.84. The Bertz CT molecular complexity index is 881. The van der Waals surface area contributed by atoms with Gasteiger partial charge in [0, 0.05) is 31.4 Å². The van der Waals surface area contributed by atoms with Gasteiger partial charge in [-0.25, -0.2) is 15.0 Å². The van der Waals surface area contributed by atoms with E-state index in [0.29, 0.717) is 18.9 Å². The molecule has 0 aliphatic rings. The Morgan fingerprint density at radius 2 is 1.84 bits per heavy atom. The van der Waals surface area contributed by atoms with Crippen molar-refractivity contribution in [3.63, 3.8) is 0 Å². The molecule has 1 amide bonds. The highest BCUT2D eigenvalue weighted by Gasteiger charge is 2.08. The first-order valence-electron chi connectivity index (χ1n) is 8.26. The van der Waals surface area contributed by atoms with E-state index in [1.54, 1.807) is 0 Å². The van der Waals surface area contributed by atoms with Gasteiger partial charge in [-0.3, -0.25) is 4.79 Å². The van der Waals surface area contributed by atoms with Crippen LogP contribution in [0.15, 0.2) is 30.3 Å². The highest BCUT2D eigenvalue weighted by atomic mass is 16.1. The second kappa shape index (κ2) is 7.29. The number of aryl methyl sites for hydroxylation is 3. The van der Waals surface area contributed by atoms with E-state index in [9.17, 15) is 4.79 Å². The molecule has 0 unspecified atom stereocenters. The molecule has 0 saturated heterocycles. The fourth-order valence-corrected chi connectivity index (χ4v) is 2.76. The minimum atomic E-state index is -0.0958. The summed E-state index contributed by atoms with van der Waals surface area (Å²) in [5.74, 6) is 1.33. The van der Waals surface area contributed by atoms with Gasteiger partial charge in [-0.05, 0) is 32.0 Å². The van der Waals surface area contributed by atoms with Gasteiger partial charge >= 0.3 is 0 Å². The Balaban J connectivity index is 1.49. The number of carbonyl (C=O) groups is 1. The number of fused-ring (bicyclic) bond motifs is 1. The number of nitrogens with zero attached hydrogens (tertiary/aromatic N) is 4. The van der Waals surface area contributed by atoms with E-state index < -0.39 is 0 Å². The number of hydrogen-bond acceptors (Lipinski definition) is 5. The summed E-state index contributed by atoms with van der Waals surface area (Å²) < 4.78 is 2.06. The zero-order valence-electron chi connectivity index (χ0n) is 14.7. The molecule has 0 aliphatic carbocycles. The maximum Gasteiger partial charge on any atom is 0.239 e. The summed E-state index contributed by atoms with van der Waals surface area (Å²) in [5.41, 5.74) is 3.81. The molecule has 2 N–H and O–H groups in total. The summed E-state index contributed by atoms with van der Waals surface area (Å²) in [7, 11) is 1.99. The number of amides is 1. The van der Waals surface area contributed by atoms with Crippen molar-refractivity contribution in [2.75, 3.05) is 18.4 Å². The topological polar surface area (TPSA) is 84.7 Å². The highest BCUT2D eigenvalue weighted by Crippen LogP contribution is 2.14. The largest absolute Gasteiger partial charge is 0.354 e. The zero-order chi connectivity index (χ0) is 17.8. The van der Waals surface area contributed by atoms with E-state index in [-0.39, 0.29) is 12.5 Å². The lowest BCUT2D eigenvalue weighted by atomic mass is 10.3. The van der Waals surface area contributed by atoms with E-state index in [0.717, 1.165) is 28.2 Å². The Morgan fingerprint density at radius 1 is 1.12 bits per heavy atom. The molecule has 7 nitrogen and oxygen atoms in total. The molecule has 0 fully saturated rings.